The van der Waals surface area contributed by atoms with E-state index in [1.807, 2.05) is 70.2 Å². The van der Waals surface area contributed by atoms with E-state index in [-0.39, 0.29) is 42.6 Å². The highest BCUT2D eigenvalue weighted by Gasteiger charge is 2.36. The van der Waals surface area contributed by atoms with Crippen molar-refractivity contribution in [2.45, 2.75) is 53.0 Å². The molecule has 1 unspecified atom stereocenters. The van der Waals surface area contributed by atoms with Crippen molar-refractivity contribution in [3.63, 3.8) is 0 Å². The Morgan fingerprint density at radius 3 is 2.24 bits per heavy atom. The highest BCUT2D eigenvalue weighted by molar-refractivity contribution is 5.90. The summed E-state index contributed by atoms with van der Waals surface area (Å²) < 4.78 is 0. The predicted molar refractivity (Wildman–Crippen MR) is 135 cm³/mol. The summed E-state index contributed by atoms with van der Waals surface area (Å²) in [6.07, 6.45) is 5.17. The first-order valence-corrected chi connectivity index (χ1v) is 11.7. The van der Waals surface area contributed by atoms with Crippen LogP contribution < -0.4 is 16.2 Å². The summed E-state index contributed by atoms with van der Waals surface area (Å²) in [4.78, 5) is 38.8. The van der Waals surface area contributed by atoms with Crippen LogP contribution in [0.4, 0.5) is 0 Å². The van der Waals surface area contributed by atoms with Gasteiger partial charge < -0.3 is 5.32 Å². The van der Waals surface area contributed by atoms with Gasteiger partial charge in [-0.25, -0.2) is 5.48 Å². The van der Waals surface area contributed by atoms with Gasteiger partial charge in [-0.1, -0.05) is 70.2 Å². The van der Waals surface area contributed by atoms with Crippen LogP contribution in [0.3, 0.4) is 0 Å². The van der Waals surface area contributed by atoms with Crippen molar-refractivity contribution in [2.24, 2.45) is 23.7 Å². The van der Waals surface area contributed by atoms with Gasteiger partial charge in [0.15, 0.2) is 0 Å². The lowest BCUT2D eigenvalue weighted by atomic mass is 9.82. The quantitative estimate of drug-likeness (QED) is 0.279. The number of halogens is 1. The first kappa shape index (κ1) is 29.6. The minimum Gasteiger partial charge on any atom is -0.306 e. The second-order valence-electron chi connectivity index (χ2n) is 9.48. The van der Waals surface area contributed by atoms with Crippen molar-refractivity contribution in [1.29, 1.82) is 0 Å². The van der Waals surface area contributed by atoms with Crippen molar-refractivity contribution in [3.05, 3.63) is 42.0 Å². The van der Waals surface area contributed by atoms with E-state index in [1.54, 1.807) is 5.48 Å². The molecule has 0 bridgehead atoms. The smallest absolute Gasteiger partial charge is 0.258 e. The number of hydrazine groups is 1. The van der Waals surface area contributed by atoms with Crippen molar-refractivity contribution in [3.8, 4) is 0 Å². The van der Waals surface area contributed by atoms with Gasteiger partial charge in [-0.3, -0.25) is 30.0 Å². The predicted octanol–water partition coefficient (Wildman–Crippen LogP) is 3.17. The molecule has 1 aliphatic rings. The minimum atomic E-state index is -0.782. The minimum absolute atomic E-state index is 0. The third kappa shape index (κ3) is 9.08. The van der Waals surface area contributed by atoms with Gasteiger partial charge in [0.1, 0.15) is 0 Å². The molecule has 1 saturated heterocycles. The first-order valence-electron chi connectivity index (χ1n) is 11.7. The SMILES string of the molecule is CC(C)C[C@@H](C(=O)NN(CC(C)C)C(=O)C1CCN1)[C@H](CC=Cc1ccccc1)C(=O)NO.Cl. The maximum atomic E-state index is 13.4. The molecular formula is C25H39ClN4O4. The molecule has 0 saturated carbocycles. The molecule has 0 spiro atoms. The second-order valence-corrected chi connectivity index (χ2v) is 9.48. The Bertz CT molecular complexity index is 812. The summed E-state index contributed by atoms with van der Waals surface area (Å²) in [6, 6.07) is 9.36. The molecule has 0 radical (unpaired) electrons. The lowest BCUT2D eigenvalue weighted by Gasteiger charge is -2.35. The van der Waals surface area contributed by atoms with Crippen LogP contribution in [0.1, 0.15) is 52.5 Å². The average molecular weight is 495 g/mol. The van der Waals surface area contributed by atoms with Gasteiger partial charge in [0.25, 0.3) is 5.91 Å². The fourth-order valence-corrected chi connectivity index (χ4v) is 3.87. The van der Waals surface area contributed by atoms with Crippen LogP contribution in [-0.4, -0.2) is 47.1 Å². The average Bonchev–Trinajstić information content (AvgIpc) is 2.73. The Balaban J connectivity index is 0.00000578. The van der Waals surface area contributed by atoms with Crippen molar-refractivity contribution < 1.29 is 19.6 Å². The molecule has 190 valence electrons. The Hall–Kier alpha value is -2.42. The van der Waals surface area contributed by atoms with Gasteiger partial charge >= 0.3 is 0 Å². The van der Waals surface area contributed by atoms with Crippen LogP contribution in [0.5, 0.6) is 0 Å². The number of amides is 3. The molecule has 34 heavy (non-hydrogen) atoms. The summed E-state index contributed by atoms with van der Waals surface area (Å²) in [5.74, 6) is -2.38. The van der Waals surface area contributed by atoms with Crippen LogP contribution in [0, 0.1) is 23.7 Å². The molecule has 0 aromatic heterocycles. The monoisotopic (exact) mass is 494 g/mol. The van der Waals surface area contributed by atoms with E-state index in [4.69, 9.17) is 0 Å². The molecule has 3 amide bonds. The maximum Gasteiger partial charge on any atom is 0.258 e. The fraction of sp³-hybridized carbons (Fsp3) is 0.560. The van der Waals surface area contributed by atoms with Crippen LogP contribution in [0.15, 0.2) is 36.4 Å². The van der Waals surface area contributed by atoms with Crippen LogP contribution >= 0.6 is 12.4 Å². The number of nitrogens with zero attached hydrogens (tertiary/aromatic N) is 1. The molecule has 8 nitrogen and oxygen atoms in total. The Morgan fingerprint density at radius 1 is 1.09 bits per heavy atom. The summed E-state index contributed by atoms with van der Waals surface area (Å²) >= 11 is 0. The molecule has 2 rings (SSSR count). The van der Waals surface area contributed by atoms with Gasteiger partial charge in [0, 0.05) is 6.54 Å². The zero-order valence-corrected chi connectivity index (χ0v) is 21.3. The highest BCUT2D eigenvalue weighted by Crippen LogP contribution is 2.26. The standard InChI is InChI=1S/C25H38N4O4.ClH/c1-17(2)15-21(20(24(31)28-33)12-8-11-19-9-6-5-7-10-19)23(30)27-29(16-18(3)4)25(32)22-13-14-26-22;/h5-11,17-18,20-22,26,33H,12-16H2,1-4H3,(H,27,30)(H,28,31);1H/t20-,21+,22?;/m0./s1. The third-order valence-corrected chi connectivity index (χ3v) is 5.68. The number of hydrogen-bond donors (Lipinski definition) is 4. The Kier molecular flexibility index (Phi) is 12.9. The Labute approximate surface area is 208 Å². The number of allylic oxidation sites excluding steroid dienone is 1. The van der Waals surface area contributed by atoms with Crippen LogP contribution in [0.2, 0.25) is 0 Å². The summed E-state index contributed by atoms with van der Waals surface area (Å²) in [7, 11) is 0. The second kappa shape index (κ2) is 14.8. The number of hydrogen-bond acceptors (Lipinski definition) is 5. The number of benzene rings is 1. The van der Waals surface area contributed by atoms with Crippen LogP contribution in [0.25, 0.3) is 6.08 Å². The van der Waals surface area contributed by atoms with Gasteiger partial charge in [-0.15, -0.1) is 12.4 Å². The number of carbonyl (C=O) groups excluding carboxylic acids is 3. The van der Waals surface area contributed by atoms with E-state index in [0.717, 1.165) is 18.5 Å². The zero-order chi connectivity index (χ0) is 24.4. The van der Waals surface area contributed by atoms with E-state index in [9.17, 15) is 19.6 Å². The van der Waals surface area contributed by atoms with E-state index in [0.29, 0.717) is 13.0 Å². The van der Waals surface area contributed by atoms with Gasteiger partial charge in [0.05, 0.1) is 17.9 Å². The summed E-state index contributed by atoms with van der Waals surface area (Å²) in [6.45, 7) is 9.06. The molecule has 1 fully saturated rings. The number of nitrogens with one attached hydrogen (secondary N) is 3. The molecule has 3 atom stereocenters. The normalized spacial score (nSPS) is 17.0. The molecule has 1 heterocycles. The molecular weight excluding hydrogens is 456 g/mol. The lowest BCUT2D eigenvalue weighted by molar-refractivity contribution is -0.149. The molecule has 1 aromatic carbocycles. The lowest BCUT2D eigenvalue weighted by Crippen LogP contribution is -2.60. The molecule has 1 aliphatic heterocycles. The molecule has 0 aliphatic carbocycles. The van der Waals surface area contributed by atoms with Crippen molar-refractivity contribution in [2.75, 3.05) is 13.1 Å². The fourth-order valence-electron chi connectivity index (χ4n) is 3.87. The van der Waals surface area contributed by atoms with Gasteiger partial charge in [-0.05, 0) is 43.2 Å². The van der Waals surface area contributed by atoms with E-state index >= 15 is 0 Å². The van der Waals surface area contributed by atoms with E-state index in [1.165, 1.54) is 5.01 Å². The van der Waals surface area contributed by atoms with Crippen LogP contribution in [-0.2, 0) is 14.4 Å². The number of carbonyl (C=O) groups is 3. The van der Waals surface area contributed by atoms with E-state index in [2.05, 4.69) is 10.7 Å². The van der Waals surface area contributed by atoms with E-state index < -0.39 is 23.7 Å². The van der Waals surface area contributed by atoms with Gasteiger partial charge in [0.2, 0.25) is 11.8 Å². The van der Waals surface area contributed by atoms with Crippen molar-refractivity contribution >= 4 is 36.2 Å². The topological polar surface area (TPSA) is 111 Å². The number of hydroxylamine groups is 1. The highest BCUT2D eigenvalue weighted by atomic mass is 35.5. The largest absolute Gasteiger partial charge is 0.306 e. The Morgan fingerprint density at radius 2 is 1.74 bits per heavy atom. The summed E-state index contributed by atoms with van der Waals surface area (Å²) in [5.41, 5.74) is 5.49. The zero-order valence-electron chi connectivity index (χ0n) is 20.5. The maximum absolute atomic E-state index is 13.4. The summed E-state index contributed by atoms with van der Waals surface area (Å²) in [5, 5.41) is 13.8. The van der Waals surface area contributed by atoms with Gasteiger partial charge in [-0.2, -0.15) is 0 Å². The third-order valence-electron chi connectivity index (χ3n) is 5.68. The molecule has 1 aromatic rings. The van der Waals surface area contributed by atoms with Crippen molar-refractivity contribution in [1.82, 2.24) is 21.2 Å². The number of rotatable bonds is 11. The molecule has 9 heteroatoms. The molecule has 4 N–H and O–H groups in total. The first-order chi connectivity index (χ1) is 15.7.